The van der Waals surface area contributed by atoms with Gasteiger partial charge in [0.15, 0.2) is 0 Å². The highest BCUT2D eigenvalue weighted by Crippen LogP contribution is 2.44. The van der Waals surface area contributed by atoms with E-state index in [1.165, 1.54) is 17.2 Å². The van der Waals surface area contributed by atoms with Crippen LogP contribution in [0.5, 0.6) is 0 Å². The van der Waals surface area contributed by atoms with Gasteiger partial charge in [0.2, 0.25) is 0 Å². The first-order valence-electron chi connectivity index (χ1n) is 10.6. The molecule has 0 aliphatic heterocycles. The van der Waals surface area contributed by atoms with Crippen LogP contribution in [-0.4, -0.2) is 24.7 Å². The highest BCUT2D eigenvalue weighted by atomic mass is 16.5. The number of esters is 1. The predicted molar refractivity (Wildman–Crippen MR) is 123 cm³/mol. The Labute approximate surface area is 187 Å². The maximum Gasteiger partial charge on any atom is 0.407 e. The molecule has 5 heteroatoms. The molecule has 0 aromatic heterocycles. The molecule has 162 valence electrons. The second kappa shape index (κ2) is 9.96. The Bertz CT molecular complexity index is 1080. The number of carbonyl (C=O) groups excluding carboxylic acids is 2. The van der Waals surface area contributed by atoms with Crippen LogP contribution in [0, 0.1) is 0 Å². The average Bonchev–Trinajstić information content (AvgIpc) is 3.14. The zero-order chi connectivity index (χ0) is 22.3. The molecule has 0 saturated heterocycles. The zero-order valence-electron chi connectivity index (χ0n) is 17.9. The molecular formula is C27H25NO4. The van der Waals surface area contributed by atoms with E-state index in [4.69, 9.17) is 9.47 Å². The number of rotatable bonds is 7. The summed E-state index contributed by atoms with van der Waals surface area (Å²) in [5.41, 5.74) is 5.61. The Morgan fingerprint density at radius 2 is 1.47 bits per heavy atom. The summed E-state index contributed by atoms with van der Waals surface area (Å²) in [6, 6.07) is 25.5. The maximum absolute atomic E-state index is 12.3. The third kappa shape index (κ3) is 5.06. The van der Waals surface area contributed by atoms with Gasteiger partial charge in [0.25, 0.3) is 0 Å². The molecule has 1 unspecified atom stereocenters. The summed E-state index contributed by atoms with van der Waals surface area (Å²) in [6.07, 6.45) is 2.37. The summed E-state index contributed by atoms with van der Waals surface area (Å²) in [5, 5.41) is 2.73. The van der Waals surface area contributed by atoms with Crippen LogP contribution in [0.1, 0.15) is 29.5 Å². The predicted octanol–water partition coefficient (Wildman–Crippen LogP) is 5.21. The summed E-state index contributed by atoms with van der Waals surface area (Å²) in [7, 11) is 0. The van der Waals surface area contributed by atoms with E-state index < -0.39 is 12.1 Å². The molecule has 3 aromatic rings. The number of hydrogen-bond donors (Lipinski definition) is 1. The summed E-state index contributed by atoms with van der Waals surface area (Å²) in [5.74, 6) is -0.456. The van der Waals surface area contributed by atoms with Crippen LogP contribution in [0.3, 0.4) is 0 Å². The molecule has 1 aliphatic rings. The Morgan fingerprint density at radius 1 is 0.875 bits per heavy atom. The normalized spacial score (nSPS) is 13.3. The number of ether oxygens (including phenoxy) is 2. The monoisotopic (exact) mass is 427 g/mol. The molecule has 0 heterocycles. The van der Waals surface area contributed by atoms with Gasteiger partial charge in [0.05, 0.1) is 0 Å². The van der Waals surface area contributed by atoms with Crippen LogP contribution in [0.15, 0.2) is 91.0 Å². The van der Waals surface area contributed by atoms with Crippen molar-refractivity contribution in [1.29, 1.82) is 0 Å². The number of amides is 1. The standard InChI is InChI=1S/C27H25NO4/c1-19(15-16-26(29)31-17-20-9-3-2-4-10-20)28-27(30)32-18-25-23-13-7-5-11-21(23)22-12-6-8-14-24(22)25/h2-16,19,25H,17-18H2,1H3,(H,28,30). The number of hydrogen-bond acceptors (Lipinski definition) is 4. The fourth-order valence-corrected chi connectivity index (χ4v) is 3.87. The quantitative estimate of drug-likeness (QED) is 0.415. The minimum absolute atomic E-state index is 0.00645. The smallest absolute Gasteiger partial charge is 0.407 e. The van der Waals surface area contributed by atoms with Gasteiger partial charge in [0.1, 0.15) is 13.2 Å². The van der Waals surface area contributed by atoms with Crippen LogP contribution in [0.4, 0.5) is 4.79 Å². The third-order valence-electron chi connectivity index (χ3n) is 5.43. The summed E-state index contributed by atoms with van der Waals surface area (Å²) >= 11 is 0. The minimum atomic E-state index is -0.526. The van der Waals surface area contributed by atoms with Crippen molar-refractivity contribution in [2.75, 3.05) is 6.61 Å². The second-order valence-corrected chi connectivity index (χ2v) is 7.71. The van der Waals surface area contributed by atoms with Crippen molar-refractivity contribution >= 4 is 12.1 Å². The molecule has 4 rings (SSSR count). The van der Waals surface area contributed by atoms with Crippen LogP contribution >= 0.6 is 0 Å². The lowest BCUT2D eigenvalue weighted by Gasteiger charge is -2.16. The van der Waals surface area contributed by atoms with Gasteiger partial charge in [0, 0.05) is 18.0 Å². The van der Waals surface area contributed by atoms with E-state index in [0.29, 0.717) is 0 Å². The van der Waals surface area contributed by atoms with Gasteiger partial charge in [-0.2, -0.15) is 0 Å². The molecule has 0 bridgehead atoms. The van der Waals surface area contributed by atoms with E-state index in [9.17, 15) is 9.59 Å². The minimum Gasteiger partial charge on any atom is -0.458 e. The lowest BCUT2D eigenvalue weighted by atomic mass is 9.98. The van der Waals surface area contributed by atoms with Crippen molar-refractivity contribution in [3.63, 3.8) is 0 Å². The van der Waals surface area contributed by atoms with Crippen molar-refractivity contribution in [1.82, 2.24) is 5.32 Å². The summed E-state index contributed by atoms with van der Waals surface area (Å²) in [4.78, 5) is 24.2. The third-order valence-corrected chi connectivity index (χ3v) is 5.43. The van der Waals surface area contributed by atoms with E-state index >= 15 is 0 Å². The van der Waals surface area contributed by atoms with Crippen LogP contribution in [-0.2, 0) is 20.9 Å². The van der Waals surface area contributed by atoms with Crippen LogP contribution in [0.25, 0.3) is 11.1 Å². The lowest BCUT2D eigenvalue weighted by Crippen LogP contribution is -2.32. The number of nitrogens with one attached hydrogen (secondary N) is 1. The van der Waals surface area contributed by atoms with E-state index in [-0.39, 0.29) is 25.2 Å². The zero-order valence-corrected chi connectivity index (χ0v) is 17.9. The highest BCUT2D eigenvalue weighted by Gasteiger charge is 2.29. The van der Waals surface area contributed by atoms with Gasteiger partial charge in [-0.1, -0.05) is 84.9 Å². The van der Waals surface area contributed by atoms with Gasteiger partial charge < -0.3 is 14.8 Å². The van der Waals surface area contributed by atoms with Crippen molar-refractivity contribution in [3.05, 3.63) is 108 Å². The van der Waals surface area contributed by atoms with Gasteiger partial charge in [-0.05, 0) is 34.7 Å². The molecule has 32 heavy (non-hydrogen) atoms. The molecule has 5 nitrogen and oxygen atoms in total. The van der Waals surface area contributed by atoms with E-state index in [0.717, 1.165) is 16.7 Å². The molecule has 3 aromatic carbocycles. The maximum atomic E-state index is 12.3. The summed E-state index contributed by atoms with van der Waals surface area (Å²) in [6.45, 7) is 2.22. The Kier molecular flexibility index (Phi) is 6.66. The molecular weight excluding hydrogens is 402 g/mol. The van der Waals surface area contributed by atoms with E-state index in [1.54, 1.807) is 13.0 Å². The second-order valence-electron chi connectivity index (χ2n) is 7.71. The Hall–Kier alpha value is -3.86. The first-order chi connectivity index (χ1) is 15.6. The molecule has 1 atom stereocenters. The van der Waals surface area contributed by atoms with E-state index in [2.05, 4.69) is 29.6 Å². The number of benzene rings is 3. The molecule has 0 fully saturated rings. The first-order valence-corrected chi connectivity index (χ1v) is 10.6. The van der Waals surface area contributed by atoms with Gasteiger partial charge in [-0.3, -0.25) is 0 Å². The molecule has 1 aliphatic carbocycles. The van der Waals surface area contributed by atoms with Crippen LogP contribution < -0.4 is 5.32 Å². The Balaban J connectivity index is 1.27. The lowest BCUT2D eigenvalue weighted by molar-refractivity contribution is -0.139. The molecule has 1 N–H and O–H groups in total. The topological polar surface area (TPSA) is 64.6 Å². The Morgan fingerprint density at radius 3 is 2.12 bits per heavy atom. The van der Waals surface area contributed by atoms with Crippen molar-refractivity contribution in [2.24, 2.45) is 0 Å². The largest absolute Gasteiger partial charge is 0.458 e. The van der Waals surface area contributed by atoms with Gasteiger partial charge in [-0.15, -0.1) is 0 Å². The van der Waals surface area contributed by atoms with Gasteiger partial charge in [-0.25, -0.2) is 9.59 Å². The first kappa shape index (κ1) is 21.4. The highest BCUT2D eigenvalue weighted by molar-refractivity contribution is 5.82. The molecule has 0 radical (unpaired) electrons. The number of alkyl carbamates (subject to hydrolysis) is 1. The average molecular weight is 428 g/mol. The molecule has 0 spiro atoms. The van der Waals surface area contributed by atoms with Crippen molar-refractivity contribution in [2.45, 2.75) is 25.5 Å². The molecule has 1 amide bonds. The fraction of sp³-hybridized carbons (Fsp3) is 0.185. The number of carbonyl (C=O) groups is 2. The number of fused-ring (bicyclic) bond motifs is 3. The SMILES string of the molecule is CC(C=CC(=O)OCc1ccccc1)NC(=O)OCC1c2ccccc2-c2ccccc21. The fourth-order valence-electron chi connectivity index (χ4n) is 3.87. The van der Waals surface area contributed by atoms with Gasteiger partial charge >= 0.3 is 12.1 Å². The van der Waals surface area contributed by atoms with Crippen molar-refractivity contribution in [3.8, 4) is 11.1 Å². The molecule has 0 saturated carbocycles. The van der Waals surface area contributed by atoms with Crippen LogP contribution in [0.2, 0.25) is 0 Å². The van der Waals surface area contributed by atoms with Crippen molar-refractivity contribution < 1.29 is 19.1 Å². The van der Waals surface area contributed by atoms with E-state index in [1.807, 2.05) is 54.6 Å². The summed E-state index contributed by atoms with van der Waals surface area (Å²) < 4.78 is 10.7.